The van der Waals surface area contributed by atoms with E-state index in [1.54, 1.807) is 19.1 Å². The molecule has 0 bridgehead atoms. The van der Waals surface area contributed by atoms with Crippen molar-refractivity contribution in [1.29, 1.82) is 0 Å². The van der Waals surface area contributed by atoms with Crippen LogP contribution in [-0.4, -0.2) is 27.3 Å². The van der Waals surface area contributed by atoms with Gasteiger partial charge in [0.15, 0.2) is 11.5 Å². The maximum Gasteiger partial charge on any atom is 0.417 e. The molecule has 39 heavy (non-hydrogen) atoms. The first-order chi connectivity index (χ1) is 18.6. The number of nitrogens with one attached hydrogen (secondary N) is 1. The number of ether oxygens (including phenoxy) is 2. The molecule has 0 saturated carbocycles. The molecule has 9 nitrogen and oxygen atoms in total. The Kier molecular flexibility index (Phi) is 5.63. The number of pyridine rings is 1. The molecule has 4 aromatic rings. The number of rotatable bonds is 5. The molecule has 2 aromatic heterocycles. The second-order valence-electron chi connectivity index (χ2n) is 9.34. The van der Waals surface area contributed by atoms with E-state index >= 15 is 0 Å². The van der Waals surface area contributed by atoms with Gasteiger partial charge in [-0.15, -0.1) is 0 Å². The first-order valence-electron chi connectivity index (χ1n) is 12.0. The SMILES string of the molecule is C[C@@H](Nc1ccccc1C(=O)O)c1cc(C(F)(F)F)cn2c(=O)cc(N3Cc4ccc5c(c4C3)OCO5)nc12. The van der Waals surface area contributed by atoms with Crippen LogP contribution in [0.1, 0.15) is 45.6 Å². The van der Waals surface area contributed by atoms with Crippen molar-refractivity contribution in [3.8, 4) is 11.5 Å². The number of alkyl halides is 3. The molecular weight excluding hydrogens is 517 g/mol. The second kappa shape index (κ2) is 8.93. The number of fused-ring (bicyclic) bond motifs is 4. The largest absolute Gasteiger partial charge is 0.478 e. The van der Waals surface area contributed by atoms with Crippen LogP contribution < -0.4 is 25.2 Å². The number of aromatic carboxylic acids is 1. The zero-order chi connectivity index (χ0) is 27.5. The molecule has 0 amide bonds. The number of anilines is 2. The van der Waals surface area contributed by atoms with Gasteiger partial charge in [-0.25, -0.2) is 9.78 Å². The summed E-state index contributed by atoms with van der Waals surface area (Å²) in [6.45, 7) is 2.49. The monoisotopic (exact) mass is 538 g/mol. The highest BCUT2D eigenvalue weighted by molar-refractivity contribution is 5.94. The van der Waals surface area contributed by atoms with Crippen LogP contribution in [0.3, 0.4) is 0 Å². The molecule has 1 atom stereocenters. The van der Waals surface area contributed by atoms with Crippen LogP contribution in [0.15, 0.2) is 59.5 Å². The van der Waals surface area contributed by atoms with E-state index in [2.05, 4.69) is 10.3 Å². The molecule has 2 aromatic carbocycles. The number of halogens is 3. The summed E-state index contributed by atoms with van der Waals surface area (Å²) in [5, 5.41) is 12.5. The van der Waals surface area contributed by atoms with Crippen LogP contribution in [0, 0.1) is 0 Å². The third kappa shape index (κ3) is 4.27. The lowest BCUT2D eigenvalue weighted by molar-refractivity contribution is -0.137. The summed E-state index contributed by atoms with van der Waals surface area (Å²) < 4.78 is 53.4. The van der Waals surface area contributed by atoms with E-state index in [4.69, 9.17) is 9.47 Å². The van der Waals surface area contributed by atoms with Crippen molar-refractivity contribution in [2.24, 2.45) is 0 Å². The Hall–Kier alpha value is -4.74. The van der Waals surface area contributed by atoms with Crippen LogP contribution in [0.5, 0.6) is 11.5 Å². The van der Waals surface area contributed by atoms with Crippen molar-refractivity contribution in [3.63, 3.8) is 0 Å². The lowest BCUT2D eigenvalue weighted by Gasteiger charge is -2.22. The summed E-state index contributed by atoms with van der Waals surface area (Å²) >= 11 is 0. The lowest BCUT2D eigenvalue weighted by atomic mass is 10.1. The molecular formula is C27H21F3N4O5. The Balaban J connectivity index is 1.45. The average Bonchev–Trinajstić information content (AvgIpc) is 3.54. The van der Waals surface area contributed by atoms with Gasteiger partial charge in [0.2, 0.25) is 6.79 Å². The van der Waals surface area contributed by atoms with Gasteiger partial charge in [0.1, 0.15) is 11.5 Å². The summed E-state index contributed by atoms with van der Waals surface area (Å²) in [5.74, 6) is 0.372. The number of para-hydroxylation sites is 1. The third-order valence-corrected chi connectivity index (χ3v) is 6.87. The Morgan fingerprint density at radius 3 is 2.69 bits per heavy atom. The van der Waals surface area contributed by atoms with Crippen LogP contribution in [-0.2, 0) is 19.3 Å². The Morgan fingerprint density at radius 2 is 1.92 bits per heavy atom. The smallest absolute Gasteiger partial charge is 0.417 e. The molecule has 0 unspecified atom stereocenters. The van der Waals surface area contributed by atoms with Crippen LogP contribution >= 0.6 is 0 Å². The van der Waals surface area contributed by atoms with Crippen molar-refractivity contribution >= 4 is 23.1 Å². The number of carboxylic acids is 1. The van der Waals surface area contributed by atoms with E-state index in [1.807, 2.05) is 17.0 Å². The molecule has 4 heterocycles. The van der Waals surface area contributed by atoms with E-state index < -0.39 is 29.3 Å². The average molecular weight is 538 g/mol. The summed E-state index contributed by atoms with van der Waals surface area (Å²) in [5.41, 5.74) is 0.452. The molecule has 0 saturated heterocycles. The normalized spacial score (nSPS) is 14.9. The molecule has 12 heteroatoms. The minimum atomic E-state index is -4.72. The van der Waals surface area contributed by atoms with E-state index in [0.717, 1.165) is 27.8 Å². The van der Waals surface area contributed by atoms with E-state index in [-0.39, 0.29) is 29.3 Å². The molecule has 2 aliphatic rings. The fourth-order valence-corrected chi connectivity index (χ4v) is 4.96. The van der Waals surface area contributed by atoms with Crippen LogP contribution in [0.2, 0.25) is 0 Å². The first kappa shape index (κ1) is 24.6. The predicted octanol–water partition coefficient (Wildman–Crippen LogP) is 4.83. The molecule has 200 valence electrons. The molecule has 0 spiro atoms. The van der Waals surface area contributed by atoms with E-state index in [9.17, 15) is 27.9 Å². The topological polar surface area (TPSA) is 105 Å². The first-order valence-corrected chi connectivity index (χ1v) is 12.0. The van der Waals surface area contributed by atoms with Crippen molar-refractivity contribution in [3.05, 3.63) is 92.9 Å². The minimum absolute atomic E-state index is 0.0269. The summed E-state index contributed by atoms with van der Waals surface area (Å²) in [7, 11) is 0. The number of benzene rings is 2. The highest BCUT2D eigenvalue weighted by Crippen LogP contribution is 2.42. The van der Waals surface area contributed by atoms with Crippen LogP contribution in [0.4, 0.5) is 24.7 Å². The van der Waals surface area contributed by atoms with Gasteiger partial charge in [-0.2, -0.15) is 13.2 Å². The number of aromatic nitrogens is 2. The van der Waals surface area contributed by atoms with Crippen molar-refractivity contribution < 1.29 is 32.5 Å². The fraction of sp³-hybridized carbons (Fsp3) is 0.222. The summed E-state index contributed by atoms with van der Waals surface area (Å²) in [6, 6.07) is 11.1. The van der Waals surface area contributed by atoms with E-state index in [0.29, 0.717) is 30.4 Å². The Labute approximate surface area is 219 Å². The van der Waals surface area contributed by atoms with Gasteiger partial charge in [-0.1, -0.05) is 18.2 Å². The summed E-state index contributed by atoms with van der Waals surface area (Å²) in [6.07, 6.45) is -3.99. The second-order valence-corrected chi connectivity index (χ2v) is 9.34. The van der Waals surface area contributed by atoms with Crippen molar-refractivity contribution in [2.45, 2.75) is 32.2 Å². The van der Waals surface area contributed by atoms with Gasteiger partial charge in [-0.05, 0) is 36.8 Å². The zero-order valence-corrected chi connectivity index (χ0v) is 20.5. The number of hydrogen-bond donors (Lipinski definition) is 2. The molecule has 0 aliphatic carbocycles. The predicted molar refractivity (Wildman–Crippen MR) is 134 cm³/mol. The maximum atomic E-state index is 13.8. The van der Waals surface area contributed by atoms with Gasteiger partial charge in [-0.3, -0.25) is 9.20 Å². The molecule has 0 fully saturated rings. The number of carbonyl (C=O) groups is 1. The molecule has 0 radical (unpaired) electrons. The third-order valence-electron chi connectivity index (χ3n) is 6.87. The standard InChI is InChI=1S/C27H21F3N4O5/c1-14(31-20-5-3-2-4-17(20)26(36)37)18-8-16(27(28,29)30)11-34-23(35)9-22(32-25(18)34)33-10-15-6-7-21-24(19(15)12-33)39-13-38-21/h2-9,11,14,31H,10,12-13H2,1H3,(H,36,37)/t14-/m1/s1. The van der Waals surface area contributed by atoms with Gasteiger partial charge in [0, 0.05) is 42.2 Å². The van der Waals surface area contributed by atoms with Crippen molar-refractivity contribution in [2.75, 3.05) is 17.0 Å². The lowest BCUT2D eigenvalue weighted by Crippen LogP contribution is -2.24. The molecule has 2 N–H and O–H groups in total. The molecule has 6 rings (SSSR count). The van der Waals surface area contributed by atoms with Crippen molar-refractivity contribution in [1.82, 2.24) is 9.38 Å². The van der Waals surface area contributed by atoms with Gasteiger partial charge >= 0.3 is 12.1 Å². The number of nitrogens with zero attached hydrogens (tertiary/aromatic N) is 3. The van der Waals surface area contributed by atoms with Gasteiger partial charge in [0.25, 0.3) is 5.56 Å². The zero-order valence-electron chi connectivity index (χ0n) is 20.5. The van der Waals surface area contributed by atoms with Gasteiger partial charge < -0.3 is 24.8 Å². The Bertz CT molecular complexity index is 1700. The van der Waals surface area contributed by atoms with Crippen LogP contribution in [0.25, 0.3) is 5.65 Å². The highest BCUT2D eigenvalue weighted by Gasteiger charge is 2.34. The number of carboxylic acid groups (broad SMARTS) is 1. The summed E-state index contributed by atoms with van der Waals surface area (Å²) in [4.78, 5) is 31.3. The Morgan fingerprint density at radius 1 is 1.13 bits per heavy atom. The minimum Gasteiger partial charge on any atom is -0.478 e. The number of hydrogen-bond acceptors (Lipinski definition) is 7. The molecule has 2 aliphatic heterocycles. The van der Waals surface area contributed by atoms with Gasteiger partial charge in [0.05, 0.1) is 17.2 Å². The highest BCUT2D eigenvalue weighted by atomic mass is 19.4. The fourth-order valence-electron chi connectivity index (χ4n) is 4.96. The quantitative estimate of drug-likeness (QED) is 0.372. The maximum absolute atomic E-state index is 13.8. The van der Waals surface area contributed by atoms with E-state index in [1.165, 1.54) is 18.2 Å².